The first-order valence-electron chi connectivity index (χ1n) is 5.61. The number of amides is 1. The van der Waals surface area contributed by atoms with Crippen LogP contribution in [0.4, 0.5) is 5.69 Å². The summed E-state index contributed by atoms with van der Waals surface area (Å²) in [6.07, 6.45) is 2.42. The summed E-state index contributed by atoms with van der Waals surface area (Å²) in [6.45, 7) is 0.704. The van der Waals surface area contributed by atoms with Crippen molar-refractivity contribution in [2.24, 2.45) is 0 Å². The molecule has 92 valence electrons. The van der Waals surface area contributed by atoms with Crippen LogP contribution in [0.2, 0.25) is 5.02 Å². The maximum Gasteiger partial charge on any atom is 0.253 e. The van der Waals surface area contributed by atoms with Crippen LogP contribution >= 0.6 is 23.4 Å². The molecule has 1 heterocycles. The van der Waals surface area contributed by atoms with Gasteiger partial charge in [-0.05, 0) is 36.8 Å². The Bertz CT molecular complexity index is 419. The summed E-state index contributed by atoms with van der Waals surface area (Å²) in [5.41, 5.74) is 6.67. The molecule has 3 N–H and O–H groups in total. The molecule has 0 saturated carbocycles. The third-order valence-corrected chi connectivity index (χ3v) is 4.41. The predicted octanol–water partition coefficient (Wildman–Crippen LogP) is 2.55. The summed E-state index contributed by atoms with van der Waals surface area (Å²) in [5.74, 6) is 1.05. The zero-order valence-electron chi connectivity index (χ0n) is 9.41. The zero-order valence-corrected chi connectivity index (χ0v) is 11.0. The molecule has 1 aromatic rings. The van der Waals surface area contributed by atoms with Gasteiger partial charge < -0.3 is 11.1 Å². The van der Waals surface area contributed by atoms with Gasteiger partial charge in [0.05, 0.1) is 5.56 Å². The molecule has 1 aromatic carbocycles. The van der Waals surface area contributed by atoms with Crippen molar-refractivity contribution in [3.05, 3.63) is 28.8 Å². The summed E-state index contributed by atoms with van der Waals surface area (Å²) in [7, 11) is 0. The molecule has 0 aromatic heterocycles. The molecule has 3 nitrogen and oxygen atoms in total. The molecule has 2 rings (SSSR count). The Labute approximate surface area is 110 Å². The number of rotatable bonds is 3. The number of halogens is 1. The van der Waals surface area contributed by atoms with Crippen molar-refractivity contribution < 1.29 is 4.79 Å². The number of carbonyl (C=O) groups excluding carboxylic acids is 1. The largest absolute Gasteiger partial charge is 0.398 e. The number of hydrogen-bond donors (Lipinski definition) is 2. The van der Waals surface area contributed by atoms with Gasteiger partial charge in [0, 0.05) is 22.5 Å². The molecule has 17 heavy (non-hydrogen) atoms. The van der Waals surface area contributed by atoms with Crippen LogP contribution in [-0.2, 0) is 0 Å². The molecule has 1 atom stereocenters. The lowest BCUT2D eigenvalue weighted by atomic mass is 10.1. The number of anilines is 1. The van der Waals surface area contributed by atoms with Crippen molar-refractivity contribution in [2.75, 3.05) is 18.0 Å². The van der Waals surface area contributed by atoms with Gasteiger partial charge in [0.25, 0.3) is 5.91 Å². The standard InChI is InChI=1S/C12H15ClN2OS/c13-8-3-4-11(14)10(6-8)12(16)15-7-9-2-1-5-17-9/h3-4,6,9H,1-2,5,7,14H2,(H,15,16). The van der Waals surface area contributed by atoms with E-state index in [4.69, 9.17) is 17.3 Å². The number of nitrogens with one attached hydrogen (secondary N) is 1. The first-order valence-corrected chi connectivity index (χ1v) is 7.04. The van der Waals surface area contributed by atoms with E-state index in [0.717, 1.165) is 0 Å². The quantitative estimate of drug-likeness (QED) is 0.830. The lowest BCUT2D eigenvalue weighted by molar-refractivity contribution is 0.0954. The van der Waals surface area contributed by atoms with Gasteiger partial charge in [-0.3, -0.25) is 4.79 Å². The Morgan fingerprint density at radius 2 is 2.41 bits per heavy atom. The normalized spacial score (nSPS) is 19.2. The van der Waals surface area contributed by atoms with E-state index in [1.807, 2.05) is 11.8 Å². The molecular weight excluding hydrogens is 256 g/mol. The number of nitrogens with two attached hydrogens (primary N) is 1. The van der Waals surface area contributed by atoms with Crippen LogP contribution in [-0.4, -0.2) is 23.5 Å². The molecule has 1 aliphatic rings. The molecule has 0 radical (unpaired) electrons. The van der Waals surface area contributed by atoms with Gasteiger partial charge in [0.2, 0.25) is 0 Å². The van der Waals surface area contributed by atoms with Crippen LogP contribution < -0.4 is 11.1 Å². The van der Waals surface area contributed by atoms with Gasteiger partial charge in [0.1, 0.15) is 0 Å². The van der Waals surface area contributed by atoms with E-state index in [1.165, 1.54) is 18.6 Å². The SMILES string of the molecule is Nc1ccc(Cl)cc1C(=O)NCC1CCCS1. The smallest absolute Gasteiger partial charge is 0.253 e. The Balaban J connectivity index is 1.96. The van der Waals surface area contributed by atoms with E-state index in [1.54, 1.807) is 18.2 Å². The minimum Gasteiger partial charge on any atom is -0.398 e. The van der Waals surface area contributed by atoms with Crippen molar-refractivity contribution in [2.45, 2.75) is 18.1 Å². The third-order valence-electron chi connectivity index (χ3n) is 2.77. The van der Waals surface area contributed by atoms with Crippen LogP contribution in [0.5, 0.6) is 0 Å². The predicted molar refractivity (Wildman–Crippen MR) is 73.7 cm³/mol. The highest BCUT2D eigenvalue weighted by molar-refractivity contribution is 8.00. The van der Waals surface area contributed by atoms with Crippen molar-refractivity contribution in [1.82, 2.24) is 5.32 Å². The highest BCUT2D eigenvalue weighted by Gasteiger charge is 2.17. The number of thioether (sulfide) groups is 1. The highest BCUT2D eigenvalue weighted by atomic mass is 35.5. The minimum atomic E-state index is -0.141. The van der Waals surface area contributed by atoms with Gasteiger partial charge in [-0.15, -0.1) is 0 Å². The fourth-order valence-corrected chi connectivity index (χ4v) is 3.21. The van der Waals surface area contributed by atoms with Gasteiger partial charge in [-0.25, -0.2) is 0 Å². The van der Waals surface area contributed by atoms with E-state index in [-0.39, 0.29) is 5.91 Å². The van der Waals surface area contributed by atoms with E-state index in [0.29, 0.717) is 28.1 Å². The number of hydrogen-bond acceptors (Lipinski definition) is 3. The fraction of sp³-hybridized carbons (Fsp3) is 0.417. The molecule has 1 saturated heterocycles. The molecule has 1 fully saturated rings. The van der Waals surface area contributed by atoms with Gasteiger partial charge in [-0.2, -0.15) is 11.8 Å². The summed E-state index contributed by atoms with van der Waals surface area (Å²) >= 11 is 7.76. The summed E-state index contributed by atoms with van der Waals surface area (Å²) in [6, 6.07) is 4.94. The first-order chi connectivity index (χ1) is 8.16. The lowest BCUT2D eigenvalue weighted by Gasteiger charge is -2.11. The molecule has 0 aliphatic carbocycles. The summed E-state index contributed by atoms with van der Waals surface area (Å²) in [4.78, 5) is 11.9. The topological polar surface area (TPSA) is 55.1 Å². The summed E-state index contributed by atoms with van der Waals surface area (Å²) < 4.78 is 0. The van der Waals surface area contributed by atoms with Crippen molar-refractivity contribution in [1.29, 1.82) is 0 Å². The second kappa shape index (κ2) is 5.65. The molecule has 5 heteroatoms. The number of nitrogen functional groups attached to an aromatic ring is 1. The lowest BCUT2D eigenvalue weighted by Crippen LogP contribution is -2.30. The maximum atomic E-state index is 11.9. The van der Waals surface area contributed by atoms with Crippen LogP contribution in [0.1, 0.15) is 23.2 Å². The van der Waals surface area contributed by atoms with E-state index >= 15 is 0 Å². The van der Waals surface area contributed by atoms with Crippen LogP contribution in [0.15, 0.2) is 18.2 Å². The molecule has 1 aliphatic heterocycles. The highest BCUT2D eigenvalue weighted by Crippen LogP contribution is 2.25. The van der Waals surface area contributed by atoms with Crippen LogP contribution in [0, 0.1) is 0 Å². The number of carbonyl (C=O) groups is 1. The third kappa shape index (κ3) is 3.30. The zero-order chi connectivity index (χ0) is 12.3. The molecule has 1 amide bonds. The summed E-state index contributed by atoms with van der Waals surface area (Å²) in [5, 5.41) is 3.98. The monoisotopic (exact) mass is 270 g/mol. The first kappa shape index (κ1) is 12.6. The molecule has 0 bridgehead atoms. The Morgan fingerprint density at radius 1 is 1.59 bits per heavy atom. The Morgan fingerprint density at radius 3 is 3.12 bits per heavy atom. The average molecular weight is 271 g/mol. The minimum absolute atomic E-state index is 0.141. The second-order valence-corrected chi connectivity index (χ2v) is 5.92. The van der Waals surface area contributed by atoms with E-state index < -0.39 is 0 Å². The van der Waals surface area contributed by atoms with E-state index in [2.05, 4.69) is 5.32 Å². The van der Waals surface area contributed by atoms with Gasteiger partial charge >= 0.3 is 0 Å². The van der Waals surface area contributed by atoms with Crippen LogP contribution in [0.25, 0.3) is 0 Å². The molecule has 1 unspecified atom stereocenters. The van der Waals surface area contributed by atoms with Crippen molar-refractivity contribution in [3.8, 4) is 0 Å². The average Bonchev–Trinajstić information content (AvgIpc) is 2.82. The van der Waals surface area contributed by atoms with Crippen molar-refractivity contribution in [3.63, 3.8) is 0 Å². The van der Waals surface area contributed by atoms with Gasteiger partial charge in [0.15, 0.2) is 0 Å². The maximum absolute atomic E-state index is 11.9. The number of benzene rings is 1. The van der Waals surface area contributed by atoms with Crippen LogP contribution in [0.3, 0.4) is 0 Å². The fourth-order valence-electron chi connectivity index (χ4n) is 1.83. The van der Waals surface area contributed by atoms with Crippen molar-refractivity contribution >= 4 is 35.0 Å². The van der Waals surface area contributed by atoms with E-state index in [9.17, 15) is 4.79 Å². The second-order valence-electron chi connectivity index (χ2n) is 4.08. The van der Waals surface area contributed by atoms with Gasteiger partial charge in [-0.1, -0.05) is 11.6 Å². The Kier molecular flexibility index (Phi) is 4.18. The Hall–Kier alpha value is -0.870. The molecule has 0 spiro atoms. The molecular formula is C12H15ClN2OS.